The molecule has 0 fully saturated rings. The molecular weight excluding hydrogens is 634 g/mol. The highest BCUT2D eigenvalue weighted by molar-refractivity contribution is 5.83. The zero-order chi connectivity index (χ0) is 37.5. The van der Waals surface area contributed by atoms with Crippen molar-refractivity contribution in [1.29, 1.82) is 0 Å². The normalized spacial score (nSPS) is 11.2. The maximum absolute atomic E-state index is 12.5. The van der Waals surface area contributed by atoms with Gasteiger partial charge in [0.2, 0.25) is 0 Å². The van der Waals surface area contributed by atoms with Gasteiger partial charge in [0.25, 0.3) is 0 Å². The van der Waals surface area contributed by atoms with Gasteiger partial charge >= 0.3 is 11.9 Å². The van der Waals surface area contributed by atoms with E-state index in [0.717, 1.165) is 103 Å². The quantitative estimate of drug-likeness (QED) is 0.0387. The smallest absolute Gasteiger partial charge is 0.330 e. The predicted octanol–water partition coefficient (Wildman–Crippen LogP) is 12.6. The lowest BCUT2D eigenvalue weighted by molar-refractivity contribution is -0.138. The first-order chi connectivity index (χ1) is 25.0. The van der Waals surface area contributed by atoms with Gasteiger partial charge in [-0.1, -0.05) is 142 Å². The summed E-state index contributed by atoms with van der Waals surface area (Å²) in [4.78, 5) is 27.5. The maximum atomic E-state index is 12.5. The lowest BCUT2D eigenvalue weighted by atomic mass is 10.00. The first-order valence-corrected chi connectivity index (χ1v) is 22.1. The van der Waals surface area contributed by atoms with Crippen LogP contribution >= 0.6 is 0 Å². The topological polar surface area (TPSA) is 76.1 Å². The molecule has 0 saturated heterocycles. The molecule has 51 heavy (non-hydrogen) atoms. The first-order valence-electron chi connectivity index (χ1n) is 22.1. The Morgan fingerprint density at radius 3 is 1.08 bits per heavy atom. The highest BCUT2D eigenvalue weighted by Gasteiger charge is 2.08. The van der Waals surface area contributed by atoms with Crippen molar-refractivity contribution in [2.45, 2.75) is 214 Å². The molecule has 300 valence electrons. The van der Waals surface area contributed by atoms with Crippen molar-refractivity contribution >= 4 is 11.9 Å². The van der Waals surface area contributed by atoms with Gasteiger partial charge in [0.1, 0.15) is 0 Å². The largest absolute Gasteiger partial charge is 0.463 e. The van der Waals surface area contributed by atoms with Crippen LogP contribution in [0.1, 0.15) is 214 Å². The van der Waals surface area contributed by atoms with Gasteiger partial charge in [-0.2, -0.15) is 0 Å². The molecule has 0 amide bonds. The van der Waals surface area contributed by atoms with E-state index in [1.165, 1.54) is 114 Å². The third-order valence-corrected chi connectivity index (χ3v) is 9.91. The number of ether oxygens (including phenoxy) is 2. The number of aliphatic hydroxyl groups is 1. The number of aliphatic hydroxyl groups excluding tert-OH is 1. The fraction of sp³-hybridized carbons (Fsp3) is 0.867. The molecule has 0 heterocycles. The van der Waals surface area contributed by atoms with Gasteiger partial charge in [-0.25, -0.2) is 9.59 Å². The second-order valence-electron chi connectivity index (χ2n) is 14.9. The van der Waals surface area contributed by atoms with Crippen LogP contribution in [-0.4, -0.2) is 61.4 Å². The van der Waals surface area contributed by atoms with Crippen molar-refractivity contribution in [1.82, 2.24) is 4.90 Å². The summed E-state index contributed by atoms with van der Waals surface area (Å²) in [6.07, 6.45) is 36.6. The molecule has 0 rings (SSSR count). The first kappa shape index (κ1) is 49.3. The summed E-state index contributed by atoms with van der Waals surface area (Å²) in [6, 6.07) is 0. The summed E-state index contributed by atoms with van der Waals surface area (Å²) in [5, 5.41) is 9.39. The minimum Gasteiger partial charge on any atom is -0.463 e. The second-order valence-corrected chi connectivity index (χ2v) is 14.9. The van der Waals surface area contributed by atoms with Crippen molar-refractivity contribution in [3.63, 3.8) is 0 Å². The number of hydrogen-bond donors (Lipinski definition) is 1. The Labute approximate surface area is 317 Å². The number of unbranched alkanes of at least 4 members (excludes halogenated alkanes) is 18. The Morgan fingerprint density at radius 1 is 0.431 bits per heavy atom. The van der Waals surface area contributed by atoms with Gasteiger partial charge in [-0.15, -0.1) is 0 Å². The van der Waals surface area contributed by atoms with Crippen LogP contribution in [0, 0.1) is 0 Å². The molecule has 0 atom stereocenters. The van der Waals surface area contributed by atoms with E-state index in [4.69, 9.17) is 9.47 Å². The summed E-state index contributed by atoms with van der Waals surface area (Å²) in [5.41, 5.74) is 2.55. The second kappa shape index (κ2) is 39.5. The standard InChI is InChI=1S/C45H85NO5/c1-5-9-13-21-30-42(31-22-14-10-6-2)40-44(48)50-38-27-19-17-25-34-46(36-29-37-47)35-26-18-20-28-39-51-45(49)41-43(32-23-15-11-7-3)33-24-16-12-8-4/h40-41,47H,5-39H2,1-4H3. The Bertz CT molecular complexity index is 746. The van der Waals surface area contributed by atoms with Gasteiger partial charge in [0.15, 0.2) is 0 Å². The minimum absolute atomic E-state index is 0.156. The Kier molecular flexibility index (Phi) is 38.3. The number of carbonyl (C=O) groups excluding carboxylic acids is 2. The van der Waals surface area contributed by atoms with E-state index in [0.29, 0.717) is 13.2 Å². The lowest BCUT2D eigenvalue weighted by Crippen LogP contribution is -2.28. The van der Waals surface area contributed by atoms with E-state index in [9.17, 15) is 14.7 Å². The summed E-state index contributed by atoms with van der Waals surface area (Å²) in [7, 11) is 0. The Balaban J connectivity index is 4.28. The molecule has 0 aliphatic rings. The minimum atomic E-state index is -0.156. The average Bonchev–Trinajstić information content (AvgIpc) is 3.12. The molecule has 6 heteroatoms. The number of carbonyl (C=O) groups is 2. The molecule has 0 spiro atoms. The van der Waals surface area contributed by atoms with Crippen LogP contribution < -0.4 is 0 Å². The molecule has 0 unspecified atom stereocenters. The SMILES string of the molecule is CCCCCCC(=CC(=O)OCCCCCCN(CCCO)CCCCCCOC(=O)C=C(CCCCCC)CCCCCC)CCCCCC. The highest BCUT2D eigenvalue weighted by Crippen LogP contribution is 2.19. The molecule has 0 aromatic rings. The Hall–Kier alpha value is -1.66. The van der Waals surface area contributed by atoms with Gasteiger partial charge in [0, 0.05) is 25.3 Å². The van der Waals surface area contributed by atoms with Crippen LogP contribution in [0.15, 0.2) is 23.3 Å². The Morgan fingerprint density at radius 2 is 0.745 bits per heavy atom. The third-order valence-electron chi connectivity index (χ3n) is 9.91. The fourth-order valence-corrected chi connectivity index (χ4v) is 6.63. The zero-order valence-corrected chi connectivity index (χ0v) is 34.4. The van der Waals surface area contributed by atoms with Crippen LogP contribution in [0.25, 0.3) is 0 Å². The van der Waals surface area contributed by atoms with E-state index in [2.05, 4.69) is 32.6 Å². The average molecular weight is 720 g/mol. The van der Waals surface area contributed by atoms with E-state index in [1.54, 1.807) is 12.2 Å². The summed E-state index contributed by atoms with van der Waals surface area (Å²) >= 11 is 0. The summed E-state index contributed by atoms with van der Waals surface area (Å²) in [6.45, 7) is 13.2. The molecule has 0 aliphatic heterocycles. The van der Waals surface area contributed by atoms with Gasteiger partial charge in [0.05, 0.1) is 13.2 Å². The molecule has 0 radical (unpaired) electrons. The van der Waals surface area contributed by atoms with Crippen LogP contribution in [0.4, 0.5) is 0 Å². The van der Waals surface area contributed by atoms with Crippen LogP contribution in [-0.2, 0) is 19.1 Å². The molecule has 0 aliphatic carbocycles. The van der Waals surface area contributed by atoms with Crippen LogP contribution in [0.3, 0.4) is 0 Å². The molecule has 1 N–H and O–H groups in total. The molecular formula is C45H85NO5. The van der Waals surface area contributed by atoms with Gasteiger partial charge < -0.3 is 19.5 Å². The van der Waals surface area contributed by atoms with Gasteiger partial charge in [-0.05, 0) is 96.6 Å². The zero-order valence-electron chi connectivity index (χ0n) is 34.4. The molecule has 0 saturated carbocycles. The van der Waals surface area contributed by atoms with E-state index >= 15 is 0 Å². The monoisotopic (exact) mass is 720 g/mol. The number of nitrogens with zero attached hydrogens (tertiary/aromatic N) is 1. The van der Waals surface area contributed by atoms with Gasteiger partial charge in [-0.3, -0.25) is 0 Å². The fourth-order valence-electron chi connectivity index (χ4n) is 6.63. The predicted molar refractivity (Wildman–Crippen MR) is 218 cm³/mol. The molecule has 6 nitrogen and oxygen atoms in total. The van der Waals surface area contributed by atoms with E-state index < -0.39 is 0 Å². The summed E-state index contributed by atoms with van der Waals surface area (Å²) < 4.78 is 11.2. The van der Waals surface area contributed by atoms with E-state index in [-0.39, 0.29) is 18.5 Å². The number of rotatable bonds is 39. The molecule has 0 aromatic carbocycles. The number of hydrogen-bond acceptors (Lipinski definition) is 6. The number of allylic oxidation sites excluding steroid dienone is 2. The van der Waals surface area contributed by atoms with Crippen molar-refractivity contribution in [3.05, 3.63) is 23.3 Å². The van der Waals surface area contributed by atoms with Crippen molar-refractivity contribution in [2.75, 3.05) is 39.5 Å². The maximum Gasteiger partial charge on any atom is 0.330 e. The van der Waals surface area contributed by atoms with Crippen LogP contribution in [0.5, 0.6) is 0 Å². The van der Waals surface area contributed by atoms with Crippen molar-refractivity contribution in [3.8, 4) is 0 Å². The third kappa shape index (κ3) is 35.2. The highest BCUT2D eigenvalue weighted by atomic mass is 16.5. The van der Waals surface area contributed by atoms with Crippen molar-refractivity contribution < 1.29 is 24.2 Å². The molecule has 0 aromatic heterocycles. The lowest BCUT2D eigenvalue weighted by Gasteiger charge is -2.22. The van der Waals surface area contributed by atoms with Crippen LogP contribution in [0.2, 0.25) is 0 Å². The van der Waals surface area contributed by atoms with Crippen molar-refractivity contribution in [2.24, 2.45) is 0 Å². The molecule has 0 bridgehead atoms. The number of esters is 2. The summed E-state index contributed by atoms with van der Waals surface area (Å²) in [5.74, 6) is -0.312. The van der Waals surface area contributed by atoms with E-state index in [1.807, 2.05) is 0 Å².